The fourth-order valence-electron chi connectivity index (χ4n) is 2.62. The lowest BCUT2D eigenvalue weighted by atomic mass is 10.2. The zero-order valence-corrected chi connectivity index (χ0v) is 13.7. The van der Waals surface area contributed by atoms with Gasteiger partial charge in [-0.1, -0.05) is 6.42 Å². The second-order valence-electron chi connectivity index (χ2n) is 5.28. The van der Waals surface area contributed by atoms with Gasteiger partial charge in [0.1, 0.15) is 5.82 Å². The minimum atomic E-state index is -0.428. The number of hydrogen-bond acceptors (Lipinski definition) is 6. The number of nitrogens with zero attached hydrogens (tertiary/aromatic N) is 4. The van der Waals surface area contributed by atoms with Crippen molar-refractivity contribution in [2.24, 2.45) is 0 Å². The largest absolute Gasteiger partial charge is 0.487 e. The van der Waals surface area contributed by atoms with E-state index in [4.69, 9.17) is 4.74 Å². The molecule has 0 unspecified atom stereocenters. The molecule has 0 aliphatic carbocycles. The summed E-state index contributed by atoms with van der Waals surface area (Å²) in [5.41, 5.74) is -0.0173. The van der Waals surface area contributed by atoms with Crippen LogP contribution in [0.15, 0.2) is 28.3 Å². The maximum Gasteiger partial charge on any atom is 0.310 e. The highest BCUT2D eigenvalue weighted by Crippen LogP contribution is 2.35. The fraction of sp³-hybridized carbons (Fsp3) is 0.467. The molecule has 0 bridgehead atoms. The molecule has 2 aromatic rings. The van der Waals surface area contributed by atoms with E-state index in [1.54, 1.807) is 12.1 Å². The summed E-state index contributed by atoms with van der Waals surface area (Å²) in [4.78, 5) is 11.5. The summed E-state index contributed by atoms with van der Waals surface area (Å²) >= 11 is 1.47. The smallest absolute Gasteiger partial charge is 0.310 e. The van der Waals surface area contributed by atoms with E-state index in [0.29, 0.717) is 6.61 Å². The lowest BCUT2D eigenvalue weighted by molar-refractivity contribution is -0.385. The van der Waals surface area contributed by atoms with Crippen molar-refractivity contribution < 1.29 is 9.66 Å². The molecule has 0 atom stereocenters. The van der Waals surface area contributed by atoms with Crippen molar-refractivity contribution >= 4 is 17.4 Å². The molecule has 23 heavy (non-hydrogen) atoms. The number of aromatic nitrogens is 3. The monoisotopic (exact) mass is 334 g/mol. The molecular formula is C15H18N4O3S. The van der Waals surface area contributed by atoms with E-state index in [1.165, 1.54) is 24.2 Å². The molecule has 1 aliphatic rings. The minimum absolute atomic E-state index is 0.0173. The van der Waals surface area contributed by atoms with Crippen LogP contribution in [0.25, 0.3) is 0 Å². The first-order chi connectivity index (χ1) is 11.2. The standard InChI is InChI=1S/C15H18N4O3S/c1-2-22-13-10-11(7-8-12(13)19(20)21)23-15-17-16-14-6-4-3-5-9-18(14)15/h7-8,10H,2-6,9H2,1H3. The number of fused-ring (bicyclic) bond motifs is 1. The van der Waals surface area contributed by atoms with Gasteiger partial charge in [-0.3, -0.25) is 10.1 Å². The average molecular weight is 334 g/mol. The minimum Gasteiger partial charge on any atom is -0.487 e. The highest BCUT2D eigenvalue weighted by molar-refractivity contribution is 7.99. The zero-order valence-electron chi connectivity index (χ0n) is 12.9. The molecule has 0 saturated heterocycles. The predicted octanol–water partition coefficient (Wildman–Crippen LogP) is 3.46. The summed E-state index contributed by atoms with van der Waals surface area (Å²) in [5, 5.41) is 20.4. The van der Waals surface area contributed by atoms with Gasteiger partial charge in [-0.15, -0.1) is 10.2 Å². The van der Waals surface area contributed by atoms with Crippen molar-refractivity contribution in [2.45, 2.75) is 49.2 Å². The van der Waals surface area contributed by atoms with Crippen LogP contribution in [0.2, 0.25) is 0 Å². The number of aryl methyl sites for hydroxylation is 1. The molecule has 7 nitrogen and oxygen atoms in total. The van der Waals surface area contributed by atoms with E-state index >= 15 is 0 Å². The molecule has 8 heteroatoms. The van der Waals surface area contributed by atoms with Gasteiger partial charge in [0.15, 0.2) is 10.9 Å². The molecule has 1 aromatic carbocycles. The van der Waals surface area contributed by atoms with E-state index in [-0.39, 0.29) is 11.4 Å². The Balaban J connectivity index is 1.87. The molecule has 1 aromatic heterocycles. The Labute approximate surface area is 138 Å². The van der Waals surface area contributed by atoms with Gasteiger partial charge in [-0.05, 0) is 37.6 Å². The van der Waals surface area contributed by atoms with Crippen molar-refractivity contribution in [2.75, 3.05) is 6.61 Å². The Kier molecular flexibility index (Phi) is 4.80. The Morgan fingerprint density at radius 2 is 2.22 bits per heavy atom. The fourth-order valence-corrected chi connectivity index (χ4v) is 3.52. The van der Waals surface area contributed by atoms with E-state index < -0.39 is 4.92 Å². The van der Waals surface area contributed by atoms with E-state index in [1.807, 2.05) is 6.92 Å². The third-order valence-electron chi connectivity index (χ3n) is 3.71. The number of nitro benzene ring substituents is 1. The molecule has 0 saturated carbocycles. The molecule has 0 amide bonds. The predicted molar refractivity (Wildman–Crippen MR) is 86.0 cm³/mol. The van der Waals surface area contributed by atoms with Crippen LogP contribution in [0.1, 0.15) is 32.0 Å². The van der Waals surface area contributed by atoms with Crippen LogP contribution in [-0.4, -0.2) is 26.3 Å². The molecular weight excluding hydrogens is 316 g/mol. The van der Waals surface area contributed by atoms with Crippen molar-refractivity contribution in [3.8, 4) is 5.75 Å². The van der Waals surface area contributed by atoms with Gasteiger partial charge < -0.3 is 9.30 Å². The Morgan fingerprint density at radius 1 is 1.35 bits per heavy atom. The van der Waals surface area contributed by atoms with Crippen LogP contribution < -0.4 is 4.74 Å². The topological polar surface area (TPSA) is 83.1 Å². The molecule has 1 aliphatic heterocycles. The maximum atomic E-state index is 11.0. The van der Waals surface area contributed by atoms with Gasteiger partial charge in [-0.2, -0.15) is 0 Å². The first kappa shape index (κ1) is 15.8. The van der Waals surface area contributed by atoms with Gasteiger partial charge in [0.2, 0.25) is 0 Å². The molecule has 3 rings (SSSR count). The highest BCUT2D eigenvalue weighted by Gasteiger charge is 2.19. The first-order valence-electron chi connectivity index (χ1n) is 7.70. The van der Waals surface area contributed by atoms with E-state index in [9.17, 15) is 10.1 Å². The van der Waals surface area contributed by atoms with Crippen LogP contribution in [0, 0.1) is 10.1 Å². The Hall–Kier alpha value is -2.09. The Bertz CT molecular complexity index is 717. The number of benzene rings is 1. The molecule has 0 radical (unpaired) electrons. The van der Waals surface area contributed by atoms with Gasteiger partial charge in [0.25, 0.3) is 0 Å². The third kappa shape index (κ3) is 3.47. The lowest BCUT2D eigenvalue weighted by Crippen LogP contribution is -2.02. The van der Waals surface area contributed by atoms with Crippen molar-refractivity contribution in [1.82, 2.24) is 14.8 Å². The van der Waals surface area contributed by atoms with Gasteiger partial charge >= 0.3 is 5.69 Å². The first-order valence-corrected chi connectivity index (χ1v) is 8.52. The summed E-state index contributed by atoms with van der Waals surface area (Å²) < 4.78 is 7.55. The van der Waals surface area contributed by atoms with Crippen molar-refractivity contribution in [3.05, 3.63) is 34.1 Å². The van der Waals surface area contributed by atoms with Crippen LogP contribution in [-0.2, 0) is 13.0 Å². The van der Waals surface area contributed by atoms with Crippen LogP contribution in [0.3, 0.4) is 0 Å². The number of nitro groups is 1. The highest BCUT2D eigenvalue weighted by atomic mass is 32.2. The summed E-state index contributed by atoms with van der Waals surface area (Å²) in [6.07, 6.45) is 4.44. The van der Waals surface area contributed by atoms with Crippen molar-refractivity contribution in [3.63, 3.8) is 0 Å². The average Bonchev–Trinajstić information content (AvgIpc) is 2.76. The SMILES string of the molecule is CCOc1cc(Sc2nnc3n2CCCCC3)ccc1[N+](=O)[O-]. The van der Waals surface area contributed by atoms with E-state index in [0.717, 1.165) is 41.7 Å². The summed E-state index contributed by atoms with van der Waals surface area (Å²) in [5.74, 6) is 1.31. The van der Waals surface area contributed by atoms with Crippen LogP contribution in [0.4, 0.5) is 5.69 Å². The second kappa shape index (κ2) is 6.99. The number of rotatable bonds is 5. The lowest BCUT2D eigenvalue weighted by Gasteiger charge is -2.08. The van der Waals surface area contributed by atoms with Gasteiger partial charge in [-0.25, -0.2) is 0 Å². The third-order valence-corrected chi connectivity index (χ3v) is 4.69. The summed E-state index contributed by atoms with van der Waals surface area (Å²) in [7, 11) is 0. The molecule has 122 valence electrons. The quantitative estimate of drug-likeness (QED) is 0.615. The zero-order chi connectivity index (χ0) is 16.2. The molecule has 2 heterocycles. The molecule has 0 N–H and O–H groups in total. The maximum absolute atomic E-state index is 11.0. The number of ether oxygens (including phenoxy) is 1. The summed E-state index contributed by atoms with van der Waals surface area (Å²) in [6.45, 7) is 3.12. The van der Waals surface area contributed by atoms with Crippen LogP contribution >= 0.6 is 11.8 Å². The second-order valence-corrected chi connectivity index (χ2v) is 6.32. The molecule has 0 fully saturated rings. The van der Waals surface area contributed by atoms with E-state index in [2.05, 4.69) is 14.8 Å². The summed E-state index contributed by atoms with van der Waals surface area (Å²) in [6, 6.07) is 4.90. The van der Waals surface area contributed by atoms with Gasteiger partial charge in [0.05, 0.1) is 11.5 Å². The van der Waals surface area contributed by atoms with Gasteiger partial charge in [0, 0.05) is 30.0 Å². The normalized spacial score (nSPS) is 14.1. The Morgan fingerprint density at radius 3 is 3.00 bits per heavy atom. The molecule has 0 spiro atoms. The van der Waals surface area contributed by atoms with Crippen molar-refractivity contribution in [1.29, 1.82) is 0 Å². The number of hydrogen-bond donors (Lipinski definition) is 0. The van der Waals surface area contributed by atoms with Crippen LogP contribution in [0.5, 0.6) is 5.75 Å².